The van der Waals surface area contributed by atoms with E-state index in [0.29, 0.717) is 11.3 Å². The minimum Gasteiger partial charge on any atom is -0.507 e. The van der Waals surface area contributed by atoms with Crippen LogP contribution in [-0.2, 0) is 0 Å². The van der Waals surface area contributed by atoms with Crippen molar-refractivity contribution < 1.29 is 19.0 Å². The zero-order valence-electron chi connectivity index (χ0n) is 15.0. The summed E-state index contributed by atoms with van der Waals surface area (Å²) in [7, 11) is 3.25. The van der Waals surface area contributed by atoms with Crippen molar-refractivity contribution in [1.29, 1.82) is 0 Å². The lowest BCUT2D eigenvalue weighted by Crippen LogP contribution is -1.88. The first-order chi connectivity index (χ1) is 12.1. The summed E-state index contributed by atoms with van der Waals surface area (Å²) in [5.74, 6) is 2.46. The fraction of sp³-hybridized carbons (Fsp3) is 0.190. The first-order valence-electron chi connectivity index (χ1n) is 8.13. The number of halogens is 1. The van der Waals surface area contributed by atoms with Gasteiger partial charge in [-0.25, -0.2) is 4.42 Å². The number of aromatic hydroxyl groups is 1. The molecule has 0 spiro atoms. The van der Waals surface area contributed by atoms with E-state index in [9.17, 15) is 5.11 Å². The number of methoxy groups -OCH3 is 2. The van der Waals surface area contributed by atoms with Crippen LogP contribution in [-0.4, -0.2) is 19.3 Å². The molecule has 0 atom stereocenters. The van der Waals surface area contributed by atoms with E-state index in [4.69, 9.17) is 13.9 Å². The predicted molar refractivity (Wildman–Crippen MR) is 107 cm³/mol. The van der Waals surface area contributed by atoms with Crippen LogP contribution >= 0.6 is 12.4 Å². The Kier molecular flexibility index (Phi) is 6.47. The topological polar surface area (TPSA) is 50.0 Å². The Balaban J connectivity index is 0.00000243. The Bertz CT molecular complexity index is 934. The molecule has 1 aromatic heterocycles. The van der Waals surface area contributed by atoms with Crippen LogP contribution in [0.1, 0.15) is 24.7 Å². The standard InChI is InChI=1S/C21H20O4.ClH/c1-4-14(11-16-13-17(23-2)6-8-19(16)22)20-9-5-15-12-18(24-3)7-10-21(15)25-20;/h5-13H,4H2,1-3H3;1H/p+1/b14-11-;. The van der Waals surface area contributed by atoms with Gasteiger partial charge in [0.25, 0.3) is 0 Å². The number of rotatable bonds is 5. The summed E-state index contributed by atoms with van der Waals surface area (Å²) in [4.78, 5) is 0. The van der Waals surface area contributed by atoms with Crippen LogP contribution < -0.4 is 9.47 Å². The Morgan fingerprint density at radius 2 is 1.69 bits per heavy atom. The monoisotopic (exact) mass is 373 g/mol. The molecule has 0 aliphatic heterocycles. The molecule has 26 heavy (non-hydrogen) atoms. The van der Waals surface area contributed by atoms with Gasteiger partial charge in [0.05, 0.1) is 25.2 Å². The Hall–Kier alpha value is -2.72. The van der Waals surface area contributed by atoms with Gasteiger partial charge < -0.3 is 14.6 Å². The lowest BCUT2D eigenvalue weighted by Gasteiger charge is -2.04. The van der Waals surface area contributed by atoms with Gasteiger partial charge in [0.15, 0.2) is 0 Å². The van der Waals surface area contributed by atoms with Crippen molar-refractivity contribution in [1.82, 2.24) is 0 Å². The number of fused-ring (bicyclic) bond motifs is 1. The van der Waals surface area contributed by atoms with Gasteiger partial charge >= 0.3 is 11.3 Å². The van der Waals surface area contributed by atoms with E-state index in [2.05, 4.69) is 6.92 Å². The largest absolute Gasteiger partial charge is 0.507 e. The maximum atomic E-state index is 10.1. The van der Waals surface area contributed by atoms with Crippen LogP contribution in [0.3, 0.4) is 0 Å². The number of hydrogen-bond donors (Lipinski definition) is 1. The van der Waals surface area contributed by atoms with Gasteiger partial charge in [0.2, 0.25) is 0 Å². The van der Waals surface area contributed by atoms with Crippen molar-refractivity contribution in [3.63, 3.8) is 0 Å². The zero-order valence-corrected chi connectivity index (χ0v) is 15.8. The molecular weight excluding hydrogens is 352 g/mol. The van der Waals surface area contributed by atoms with Gasteiger partial charge in [-0.1, -0.05) is 6.92 Å². The molecule has 0 fully saturated rings. The molecule has 0 saturated carbocycles. The number of benzene rings is 2. The molecule has 1 N–H and O–H groups in total. The summed E-state index contributed by atoms with van der Waals surface area (Å²) in [6.45, 7) is 2.05. The van der Waals surface area contributed by atoms with Gasteiger partial charge in [-0.05, 0) is 48.9 Å². The first kappa shape index (κ1) is 19.6. The SMILES string of the molecule is CC/C(=C/c1cc(OC)ccc1O)c1ccc2cc(OC)ccc2[o+]1.Cl. The van der Waals surface area contributed by atoms with Crippen molar-refractivity contribution >= 4 is 35.0 Å². The molecule has 0 radical (unpaired) electrons. The van der Waals surface area contributed by atoms with Gasteiger partial charge in [-0.3, -0.25) is 0 Å². The second-order valence-corrected chi connectivity index (χ2v) is 5.65. The molecular formula is C21H22ClO4+. The van der Waals surface area contributed by atoms with Crippen molar-refractivity contribution in [2.45, 2.75) is 13.3 Å². The van der Waals surface area contributed by atoms with Crippen molar-refractivity contribution in [2.24, 2.45) is 0 Å². The smallest absolute Gasteiger partial charge is 0.361 e. The van der Waals surface area contributed by atoms with E-state index < -0.39 is 0 Å². The maximum absolute atomic E-state index is 10.1. The van der Waals surface area contributed by atoms with Crippen LogP contribution in [0.5, 0.6) is 17.2 Å². The molecule has 1 heterocycles. The third-order valence-electron chi connectivity index (χ3n) is 4.11. The summed E-state index contributed by atoms with van der Waals surface area (Å²) in [5.41, 5.74) is 2.47. The summed E-state index contributed by atoms with van der Waals surface area (Å²) < 4.78 is 16.5. The number of ether oxygens (including phenoxy) is 2. The minimum absolute atomic E-state index is 0. The van der Waals surface area contributed by atoms with Crippen LogP contribution in [0.25, 0.3) is 22.6 Å². The highest BCUT2D eigenvalue weighted by Gasteiger charge is 2.17. The average Bonchev–Trinajstić information content (AvgIpc) is 2.66. The van der Waals surface area contributed by atoms with E-state index >= 15 is 0 Å². The van der Waals surface area contributed by atoms with E-state index in [1.807, 2.05) is 36.4 Å². The molecule has 0 bridgehead atoms. The van der Waals surface area contributed by atoms with E-state index in [0.717, 1.165) is 34.5 Å². The van der Waals surface area contributed by atoms with Gasteiger partial charge in [0.1, 0.15) is 17.2 Å². The molecule has 0 aliphatic carbocycles. The highest BCUT2D eigenvalue weighted by Crippen LogP contribution is 2.31. The lowest BCUT2D eigenvalue weighted by molar-refractivity contribution is 0.412. The van der Waals surface area contributed by atoms with Crippen molar-refractivity contribution in [3.8, 4) is 17.2 Å². The third kappa shape index (κ3) is 4.09. The minimum atomic E-state index is 0. The van der Waals surface area contributed by atoms with Crippen molar-refractivity contribution in [3.05, 3.63) is 59.9 Å². The highest BCUT2D eigenvalue weighted by atomic mass is 35.5. The molecule has 0 unspecified atom stereocenters. The molecule has 3 aromatic rings. The fourth-order valence-corrected chi connectivity index (χ4v) is 2.68. The molecule has 3 rings (SSSR count). The molecule has 0 saturated heterocycles. The summed E-state index contributed by atoms with van der Waals surface area (Å²) >= 11 is 0. The summed E-state index contributed by atoms with van der Waals surface area (Å²) in [6, 6.07) is 14.8. The molecule has 5 heteroatoms. The van der Waals surface area contributed by atoms with Crippen LogP contribution in [0.2, 0.25) is 0 Å². The molecule has 0 amide bonds. The second-order valence-electron chi connectivity index (χ2n) is 5.65. The third-order valence-corrected chi connectivity index (χ3v) is 4.11. The van der Waals surface area contributed by atoms with Crippen LogP contribution in [0.4, 0.5) is 0 Å². The Morgan fingerprint density at radius 3 is 2.38 bits per heavy atom. The lowest BCUT2D eigenvalue weighted by atomic mass is 10.0. The highest BCUT2D eigenvalue weighted by molar-refractivity contribution is 5.85. The van der Waals surface area contributed by atoms with E-state index in [1.54, 1.807) is 32.4 Å². The van der Waals surface area contributed by atoms with E-state index in [1.165, 1.54) is 0 Å². The molecule has 2 aromatic carbocycles. The average molecular weight is 374 g/mol. The number of hydrogen-bond acceptors (Lipinski definition) is 3. The molecule has 4 nitrogen and oxygen atoms in total. The quantitative estimate of drug-likeness (QED) is 0.573. The second kappa shape index (κ2) is 8.59. The summed E-state index contributed by atoms with van der Waals surface area (Å²) in [6.07, 6.45) is 2.69. The zero-order chi connectivity index (χ0) is 17.8. The van der Waals surface area contributed by atoms with Crippen molar-refractivity contribution in [2.75, 3.05) is 14.2 Å². The summed E-state index contributed by atoms with van der Waals surface area (Å²) in [5, 5.41) is 11.1. The number of phenolic OH excluding ortho intramolecular Hbond substituents is 1. The van der Waals surface area contributed by atoms with Gasteiger partial charge in [-0.15, -0.1) is 12.4 Å². The number of allylic oxidation sites excluding steroid dienone is 1. The molecule has 0 aliphatic rings. The fourth-order valence-electron chi connectivity index (χ4n) is 2.68. The maximum Gasteiger partial charge on any atom is 0.361 e. The van der Waals surface area contributed by atoms with Crippen LogP contribution in [0, 0.1) is 0 Å². The van der Waals surface area contributed by atoms with E-state index in [-0.39, 0.29) is 18.2 Å². The van der Waals surface area contributed by atoms with Crippen LogP contribution in [0.15, 0.2) is 52.9 Å². The number of phenols is 1. The Labute approximate surface area is 159 Å². The normalized spacial score (nSPS) is 11.1. The Morgan fingerprint density at radius 1 is 1.00 bits per heavy atom. The van der Waals surface area contributed by atoms with Gasteiger partial charge in [0, 0.05) is 17.7 Å². The van der Waals surface area contributed by atoms with Gasteiger partial charge in [-0.2, -0.15) is 0 Å². The molecule has 136 valence electrons. The first-order valence-corrected chi connectivity index (χ1v) is 8.13. The predicted octanol–water partition coefficient (Wildman–Crippen LogP) is 5.81.